The fourth-order valence-electron chi connectivity index (χ4n) is 6.75. The summed E-state index contributed by atoms with van der Waals surface area (Å²) in [7, 11) is 0. The molecule has 188 valence electrons. The molecule has 3 fully saturated rings. The topological polar surface area (TPSA) is 75.4 Å². The number of hydrogen-bond donors (Lipinski definition) is 1. The molecule has 1 aliphatic heterocycles. The van der Waals surface area contributed by atoms with E-state index in [4.69, 9.17) is 0 Å². The molecule has 2 heterocycles. The number of amides is 1. The third-order valence-electron chi connectivity index (χ3n) is 8.76. The van der Waals surface area contributed by atoms with Crippen molar-refractivity contribution < 1.29 is 14.3 Å². The molecule has 2 bridgehead atoms. The molecule has 5 rings (SSSR count). The Morgan fingerprint density at radius 3 is 2.49 bits per heavy atom. The predicted octanol–water partition coefficient (Wildman–Crippen LogP) is 4.26. The molecular formula is C28H36FN3O3. The largest absolute Gasteiger partial charge is 0.387 e. The van der Waals surface area contributed by atoms with Crippen molar-refractivity contribution >= 4 is 5.91 Å². The van der Waals surface area contributed by atoms with E-state index in [2.05, 4.69) is 11.9 Å². The van der Waals surface area contributed by atoms with E-state index in [1.807, 2.05) is 4.90 Å². The second-order valence-electron chi connectivity index (χ2n) is 11.1. The zero-order valence-corrected chi connectivity index (χ0v) is 20.5. The van der Waals surface area contributed by atoms with Gasteiger partial charge in [0, 0.05) is 42.5 Å². The van der Waals surface area contributed by atoms with Crippen molar-refractivity contribution in [3.05, 3.63) is 52.8 Å². The number of carbonyl (C=O) groups is 1. The van der Waals surface area contributed by atoms with Gasteiger partial charge in [-0.3, -0.25) is 14.2 Å². The van der Waals surface area contributed by atoms with Crippen LogP contribution in [0.4, 0.5) is 4.39 Å². The Morgan fingerprint density at radius 1 is 1.14 bits per heavy atom. The van der Waals surface area contributed by atoms with Gasteiger partial charge in [0.25, 0.3) is 5.56 Å². The van der Waals surface area contributed by atoms with Crippen LogP contribution in [-0.4, -0.2) is 44.2 Å². The van der Waals surface area contributed by atoms with Crippen molar-refractivity contribution in [2.45, 2.75) is 70.4 Å². The molecule has 1 amide bonds. The normalized spacial score (nSPS) is 27.7. The number of fused-ring (bicyclic) bond motifs is 2. The number of nitrogens with zero attached hydrogens (tertiary/aromatic N) is 3. The lowest BCUT2D eigenvalue weighted by atomic mass is 9.79. The number of piperidine rings is 1. The van der Waals surface area contributed by atoms with Crippen molar-refractivity contribution in [2.75, 3.05) is 13.1 Å². The van der Waals surface area contributed by atoms with E-state index < -0.39 is 11.4 Å². The highest BCUT2D eigenvalue weighted by molar-refractivity contribution is 5.78. The van der Waals surface area contributed by atoms with E-state index in [1.54, 1.807) is 18.2 Å². The number of hydrogen-bond acceptors (Lipinski definition) is 4. The molecular weight excluding hydrogens is 445 g/mol. The molecule has 1 aromatic carbocycles. The summed E-state index contributed by atoms with van der Waals surface area (Å²) in [4.78, 5) is 32.4. The van der Waals surface area contributed by atoms with Crippen LogP contribution in [0.5, 0.6) is 0 Å². The Kier molecular flexibility index (Phi) is 6.80. The Hall–Kier alpha value is -2.54. The zero-order chi connectivity index (χ0) is 24.6. The highest BCUT2D eigenvalue weighted by Crippen LogP contribution is 2.46. The lowest BCUT2D eigenvalue weighted by Crippen LogP contribution is -2.58. The number of likely N-dealkylation sites (tertiary alicyclic amines) is 1. The summed E-state index contributed by atoms with van der Waals surface area (Å²) >= 11 is 0. The molecule has 7 heteroatoms. The average molecular weight is 482 g/mol. The van der Waals surface area contributed by atoms with Crippen LogP contribution in [0.2, 0.25) is 0 Å². The van der Waals surface area contributed by atoms with Gasteiger partial charge >= 0.3 is 0 Å². The number of rotatable bonds is 6. The average Bonchev–Trinajstić information content (AvgIpc) is 3.01. The van der Waals surface area contributed by atoms with E-state index in [0.717, 1.165) is 19.3 Å². The first-order valence-corrected chi connectivity index (χ1v) is 13.2. The Morgan fingerprint density at radius 2 is 1.83 bits per heavy atom. The van der Waals surface area contributed by atoms with Crippen LogP contribution in [0.15, 0.2) is 41.5 Å². The summed E-state index contributed by atoms with van der Waals surface area (Å²) in [5.74, 6) is 0.330. The van der Waals surface area contributed by atoms with E-state index in [-0.39, 0.29) is 47.0 Å². The molecule has 2 aliphatic carbocycles. The number of aromatic nitrogens is 2. The van der Waals surface area contributed by atoms with E-state index >= 15 is 0 Å². The van der Waals surface area contributed by atoms with E-state index in [1.165, 1.54) is 55.1 Å². The Labute approximate surface area is 206 Å². The van der Waals surface area contributed by atoms with Gasteiger partial charge in [-0.2, -0.15) is 0 Å². The van der Waals surface area contributed by atoms with Crippen LogP contribution in [0.1, 0.15) is 58.3 Å². The maximum atomic E-state index is 14.1. The third-order valence-corrected chi connectivity index (χ3v) is 8.76. The van der Waals surface area contributed by atoms with Gasteiger partial charge < -0.3 is 10.0 Å². The van der Waals surface area contributed by atoms with Gasteiger partial charge in [0.15, 0.2) is 0 Å². The molecule has 1 N–H and O–H groups in total. The maximum absolute atomic E-state index is 14.1. The van der Waals surface area contributed by atoms with Crippen LogP contribution in [0.3, 0.4) is 0 Å². The second-order valence-corrected chi connectivity index (χ2v) is 11.1. The lowest BCUT2D eigenvalue weighted by Gasteiger charge is -2.45. The van der Waals surface area contributed by atoms with Crippen molar-refractivity contribution in [1.82, 2.24) is 14.5 Å². The van der Waals surface area contributed by atoms with E-state index in [9.17, 15) is 19.1 Å². The molecule has 0 radical (unpaired) electrons. The van der Waals surface area contributed by atoms with Gasteiger partial charge in [-0.1, -0.05) is 51.2 Å². The molecule has 2 saturated carbocycles. The number of carbonyl (C=O) groups excluding carboxylic acids is 1. The van der Waals surface area contributed by atoms with Crippen molar-refractivity contribution in [3.63, 3.8) is 0 Å². The van der Waals surface area contributed by atoms with Gasteiger partial charge in [-0.25, -0.2) is 9.37 Å². The number of halogens is 1. The Bertz CT molecular complexity index is 1110. The van der Waals surface area contributed by atoms with Gasteiger partial charge in [-0.15, -0.1) is 0 Å². The van der Waals surface area contributed by atoms with Gasteiger partial charge in [0.2, 0.25) is 5.91 Å². The summed E-state index contributed by atoms with van der Waals surface area (Å²) in [6, 6.07) is 7.57. The van der Waals surface area contributed by atoms with Crippen LogP contribution in [0, 0.1) is 29.5 Å². The smallest absolute Gasteiger partial charge is 0.253 e. The standard InChI is InChI=1S/C28H36FN3O3/c1-19(13-20-7-3-2-4-8-20)27(34)31-15-21-11-12-22(16-31)28(21,35)17-32-18-30-25(14-26(32)33)23-9-5-6-10-24(23)29/h5-6,9-10,14,18-22,35H,2-4,7-8,11-13,15-17H2,1H3/t19-,21-,22+,28?/m1/s1. The van der Waals surface area contributed by atoms with Crippen molar-refractivity contribution in [3.8, 4) is 11.3 Å². The molecule has 1 saturated heterocycles. The summed E-state index contributed by atoms with van der Waals surface area (Å²) in [5, 5.41) is 11.7. The lowest BCUT2D eigenvalue weighted by molar-refractivity contribution is -0.148. The minimum Gasteiger partial charge on any atom is -0.387 e. The zero-order valence-electron chi connectivity index (χ0n) is 20.5. The van der Waals surface area contributed by atoms with Crippen molar-refractivity contribution in [2.24, 2.45) is 23.7 Å². The van der Waals surface area contributed by atoms with Gasteiger partial charge in [0.05, 0.1) is 24.2 Å². The molecule has 3 aliphatic rings. The van der Waals surface area contributed by atoms with Crippen LogP contribution >= 0.6 is 0 Å². The highest BCUT2D eigenvalue weighted by atomic mass is 19.1. The molecule has 4 atom stereocenters. The number of aliphatic hydroxyl groups is 1. The van der Waals surface area contributed by atoms with Crippen LogP contribution in [-0.2, 0) is 11.3 Å². The van der Waals surface area contributed by atoms with Crippen LogP contribution < -0.4 is 5.56 Å². The Balaban J connectivity index is 1.26. The molecule has 35 heavy (non-hydrogen) atoms. The molecule has 1 aromatic heterocycles. The first-order valence-electron chi connectivity index (χ1n) is 13.2. The van der Waals surface area contributed by atoms with Gasteiger partial charge in [0.1, 0.15) is 5.82 Å². The molecule has 1 unspecified atom stereocenters. The third kappa shape index (κ3) is 4.80. The SMILES string of the molecule is C[C@H](CC1CCCCC1)C(=O)N1C[C@H]2CC[C@@H](C1)C2(O)Cn1cnc(-c2ccccc2F)cc1=O. The summed E-state index contributed by atoms with van der Waals surface area (Å²) in [6.07, 6.45) is 10.4. The minimum absolute atomic E-state index is 0.0152. The summed E-state index contributed by atoms with van der Waals surface area (Å²) in [5.41, 5.74) is -0.795. The first-order chi connectivity index (χ1) is 16.8. The predicted molar refractivity (Wildman–Crippen MR) is 132 cm³/mol. The fourth-order valence-corrected chi connectivity index (χ4v) is 6.75. The molecule has 6 nitrogen and oxygen atoms in total. The maximum Gasteiger partial charge on any atom is 0.253 e. The summed E-state index contributed by atoms with van der Waals surface area (Å²) < 4.78 is 15.6. The second kappa shape index (κ2) is 9.84. The van der Waals surface area contributed by atoms with Gasteiger partial charge in [-0.05, 0) is 37.3 Å². The monoisotopic (exact) mass is 481 g/mol. The number of benzene rings is 1. The highest BCUT2D eigenvalue weighted by Gasteiger charge is 2.54. The summed E-state index contributed by atoms with van der Waals surface area (Å²) in [6.45, 7) is 3.28. The fraction of sp³-hybridized carbons (Fsp3) is 0.607. The van der Waals surface area contributed by atoms with Crippen LogP contribution in [0.25, 0.3) is 11.3 Å². The van der Waals surface area contributed by atoms with E-state index in [0.29, 0.717) is 19.0 Å². The first kappa shape index (κ1) is 24.2. The van der Waals surface area contributed by atoms with Crippen molar-refractivity contribution in [1.29, 1.82) is 0 Å². The molecule has 2 aromatic rings. The minimum atomic E-state index is -1.05. The molecule has 0 spiro atoms. The quantitative estimate of drug-likeness (QED) is 0.669.